The molecule has 178 valence electrons. The van der Waals surface area contributed by atoms with E-state index in [-0.39, 0.29) is 30.8 Å². The van der Waals surface area contributed by atoms with Gasteiger partial charge in [0, 0.05) is 22.5 Å². The number of carbonyl (C=O) groups is 3. The molecule has 3 amide bonds. The molecular weight excluding hydrogens is 448 g/mol. The third-order valence-electron chi connectivity index (χ3n) is 5.02. The number of hydrogen-bond donors (Lipinski definition) is 4. The minimum atomic E-state index is -0.271. The molecule has 0 aliphatic carbocycles. The Balaban J connectivity index is 1.23. The van der Waals surface area contributed by atoms with Gasteiger partial charge in [0.15, 0.2) is 0 Å². The maximum absolute atomic E-state index is 12.4. The van der Waals surface area contributed by atoms with Crippen molar-refractivity contribution in [3.05, 3.63) is 108 Å². The van der Waals surface area contributed by atoms with Gasteiger partial charge in [-0.05, 0) is 66.7 Å². The summed E-state index contributed by atoms with van der Waals surface area (Å²) in [6, 6.07) is 20.5. The van der Waals surface area contributed by atoms with E-state index in [0.29, 0.717) is 40.6 Å². The fourth-order valence-electron chi connectivity index (χ4n) is 3.23. The van der Waals surface area contributed by atoms with E-state index < -0.39 is 0 Å². The summed E-state index contributed by atoms with van der Waals surface area (Å²) in [5.74, 6) is 0.561. The topological polar surface area (TPSA) is 126 Å². The van der Waals surface area contributed by atoms with Gasteiger partial charge in [0.25, 0.3) is 11.8 Å². The van der Waals surface area contributed by atoms with E-state index in [2.05, 4.69) is 21.3 Å². The van der Waals surface area contributed by atoms with Gasteiger partial charge in [-0.3, -0.25) is 14.4 Å². The van der Waals surface area contributed by atoms with Crippen LogP contribution >= 0.6 is 0 Å². The second-order valence-electron chi connectivity index (χ2n) is 7.58. The van der Waals surface area contributed by atoms with Crippen LogP contribution in [0.2, 0.25) is 0 Å². The summed E-state index contributed by atoms with van der Waals surface area (Å²) in [6.45, 7) is 0.585. The molecule has 9 nitrogen and oxygen atoms in total. The Hall–Kier alpha value is -4.79. The molecule has 4 aromatic rings. The van der Waals surface area contributed by atoms with Crippen LogP contribution in [0.15, 0.2) is 94.2 Å². The Morgan fingerprint density at radius 3 is 1.89 bits per heavy atom. The molecule has 4 rings (SSSR count). The first kappa shape index (κ1) is 23.4. The van der Waals surface area contributed by atoms with Crippen molar-refractivity contribution in [3.63, 3.8) is 0 Å². The van der Waals surface area contributed by atoms with Crippen LogP contribution < -0.4 is 21.3 Å². The molecule has 4 N–H and O–H groups in total. The van der Waals surface area contributed by atoms with Crippen molar-refractivity contribution in [2.24, 2.45) is 0 Å². The summed E-state index contributed by atoms with van der Waals surface area (Å²) in [5, 5.41) is 11.3. The highest BCUT2D eigenvalue weighted by Gasteiger charge is 2.09. The first-order valence-electron chi connectivity index (χ1n) is 10.9. The average Bonchev–Trinajstić information content (AvgIpc) is 3.60. The van der Waals surface area contributed by atoms with E-state index >= 15 is 0 Å². The number of amides is 3. The third-order valence-corrected chi connectivity index (χ3v) is 5.02. The lowest BCUT2D eigenvalue weighted by atomic mass is 10.2. The van der Waals surface area contributed by atoms with Crippen LogP contribution in [0.25, 0.3) is 0 Å². The van der Waals surface area contributed by atoms with Gasteiger partial charge in [-0.1, -0.05) is 6.07 Å². The summed E-state index contributed by atoms with van der Waals surface area (Å²) in [7, 11) is 0. The van der Waals surface area contributed by atoms with Crippen LogP contribution in [0.1, 0.15) is 32.2 Å². The highest BCUT2D eigenvalue weighted by atomic mass is 16.3. The van der Waals surface area contributed by atoms with Crippen LogP contribution in [0.3, 0.4) is 0 Å². The maximum Gasteiger partial charge on any atom is 0.251 e. The molecule has 2 aromatic heterocycles. The van der Waals surface area contributed by atoms with E-state index in [4.69, 9.17) is 8.83 Å². The smallest absolute Gasteiger partial charge is 0.251 e. The first-order chi connectivity index (χ1) is 17.1. The molecule has 0 aliphatic heterocycles. The van der Waals surface area contributed by atoms with E-state index in [1.165, 1.54) is 0 Å². The Kier molecular flexibility index (Phi) is 7.59. The number of nitrogens with one attached hydrogen (secondary N) is 4. The molecular formula is C26H24N4O5. The zero-order valence-electron chi connectivity index (χ0n) is 18.7. The van der Waals surface area contributed by atoms with Gasteiger partial charge in [0.05, 0.1) is 32.2 Å². The summed E-state index contributed by atoms with van der Waals surface area (Å²) < 4.78 is 10.4. The van der Waals surface area contributed by atoms with Gasteiger partial charge in [0.1, 0.15) is 11.5 Å². The van der Waals surface area contributed by atoms with Crippen molar-refractivity contribution < 1.29 is 23.2 Å². The van der Waals surface area contributed by atoms with Crippen molar-refractivity contribution in [2.75, 3.05) is 17.2 Å². The maximum atomic E-state index is 12.4. The summed E-state index contributed by atoms with van der Waals surface area (Å²) in [4.78, 5) is 36.9. The summed E-state index contributed by atoms with van der Waals surface area (Å²) in [5.41, 5.74) is 2.12. The Labute approximate surface area is 201 Å². The first-order valence-corrected chi connectivity index (χ1v) is 10.9. The normalized spacial score (nSPS) is 10.4. The third kappa shape index (κ3) is 6.84. The number of rotatable bonds is 10. The highest BCUT2D eigenvalue weighted by Crippen LogP contribution is 2.13. The summed E-state index contributed by atoms with van der Waals surface area (Å²) >= 11 is 0. The fraction of sp³-hybridized carbons (Fsp3) is 0.115. The number of carbonyl (C=O) groups excluding carboxylic acids is 3. The average molecular weight is 473 g/mol. The lowest BCUT2D eigenvalue weighted by Gasteiger charge is -2.10. The second-order valence-corrected chi connectivity index (χ2v) is 7.58. The van der Waals surface area contributed by atoms with Gasteiger partial charge in [0.2, 0.25) is 5.91 Å². The van der Waals surface area contributed by atoms with Crippen molar-refractivity contribution >= 4 is 29.1 Å². The van der Waals surface area contributed by atoms with Crippen molar-refractivity contribution in [1.82, 2.24) is 10.6 Å². The molecule has 0 saturated heterocycles. The van der Waals surface area contributed by atoms with E-state index in [0.717, 1.165) is 0 Å². The lowest BCUT2D eigenvalue weighted by Crippen LogP contribution is -2.24. The molecule has 0 fully saturated rings. The van der Waals surface area contributed by atoms with Crippen molar-refractivity contribution in [1.29, 1.82) is 0 Å². The van der Waals surface area contributed by atoms with Crippen LogP contribution in [0, 0.1) is 0 Å². The molecule has 9 heteroatoms. The Morgan fingerprint density at radius 1 is 0.657 bits per heavy atom. The second kappa shape index (κ2) is 11.4. The fourth-order valence-corrected chi connectivity index (χ4v) is 3.23. The Bertz CT molecular complexity index is 1270. The number of hydrogen-bond acceptors (Lipinski definition) is 6. The lowest BCUT2D eigenvalue weighted by molar-refractivity contribution is -0.114. The Morgan fingerprint density at radius 2 is 1.29 bits per heavy atom. The minimum Gasteiger partial charge on any atom is -0.467 e. The van der Waals surface area contributed by atoms with E-state index in [9.17, 15) is 14.4 Å². The highest BCUT2D eigenvalue weighted by molar-refractivity contribution is 5.97. The van der Waals surface area contributed by atoms with Crippen molar-refractivity contribution in [2.45, 2.75) is 13.1 Å². The molecule has 0 unspecified atom stereocenters. The zero-order valence-corrected chi connectivity index (χ0v) is 18.7. The van der Waals surface area contributed by atoms with Gasteiger partial charge in [-0.15, -0.1) is 0 Å². The van der Waals surface area contributed by atoms with E-state index in [1.807, 2.05) is 0 Å². The van der Waals surface area contributed by atoms with Crippen LogP contribution in [-0.2, 0) is 17.9 Å². The van der Waals surface area contributed by atoms with Gasteiger partial charge in [-0.2, -0.15) is 0 Å². The molecule has 0 aliphatic rings. The molecule has 0 radical (unpaired) electrons. The summed E-state index contributed by atoms with van der Waals surface area (Å²) in [6.07, 6.45) is 3.09. The molecule has 2 aromatic carbocycles. The monoisotopic (exact) mass is 472 g/mol. The SMILES string of the molecule is O=C(CNc1cccc(C(=O)NCc2ccco2)c1)Nc1ccc(C(=O)NCc2ccco2)cc1. The predicted molar refractivity (Wildman–Crippen MR) is 130 cm³/mol. The molecule has 0 saturated carbocycles. The van der Waals surface area contributed by atoms with Gasteiger partial charge < -0.3 is 30.1 Å². The van der Waals surface area contributed by atoms with Crippen LogP contribution in [-0.4, -0.2) is 24.3 Å². The largest absolute Gasteiger partial charge is 0.467 e. The molecule has 2 heterocycles. The van der Waals surface area contributed by atoms with Crippen LogP contribution in [0.4, 0.5) is 11.4 Å². The predicted octanol–water partition coefficient (Wildman–Crippen LogP) is 3.78. The molecule has 35 heavy (non-hydrogen) atoms. The minimum absolute atomic E-state index is 0.00283. The van der Waals surface area contributed by atoms with E-state index in [1.54, 1.807) is 85.3 Å². The van der Waals surface area contributed by atoms with Gasteiger partial charge in [-0.25, -0.2) is 0 Å². The van der Waals surface area contributed by atoms with Crippen LogP contribution in [0.5, 0.6) is 0 Å². The number of anilines is 2. The molecule has 0 spiro atoms. The molecule has 0 atom stereocenters. The quantitative estimate of drug-likeness (QED) is 0.278. The zero-order chi connectivity index (χ0) is 24.5. The number of furan rings is 2. The molecule has 0 bridgehead atoms. The van der Waals surface area contributed by atoms with Crippen molar-refractivity contribution in [3.8, 4) is 0 Å². The standard InChI is InChI=1S/C26H24N4O5/c31-24(30-20-10-8-18(9-11-20)25(32)28-15-22-6-2-12-34-22)17-27-21-5-1-4-19(14-21)26(33)29-16-23-7-3-13-35-23/h1-14,27H,15-17H2,(H,28,32)(H,29,33)(H,30,31). The van der Waals surface area contributed by atoms with Gasteiger partial charge >= 0.3 is 0 Å². The number of benzene rings is 2.